The molecule has 0 bridgehead atoms. The normalized spacial score (nSPS) is 10.7. The van der Waals surface area contributed by atoms with Gasteiger partial charge in [-0.3, -0.25) is 4.98 Å². The van der Waals surface area contributed by atoms with Gasteiger partial charge in [0.1, 0.15) is 5.82 Å². The summed E-state index contributed by atoms with van der Waals surface area (Å²) in [5.74, 6) is 0.990. The van der Waals surface area contributed by atoms with Crippen LogP contribution in [0.15, 0.2) is 79.1 Å². The fourth-order valence-electron chi connectivity index (χ4n) is 2.47. The molecule has 0 N–H and O–H groups in total. The van der Waals surface area contributed by atoms with Gasteiger partial charge >= 0.3 is 0 Å². The highest BCUT2D eigenvalue weighted by atomic mass is 19.1. The molecule has 4 aromatic rings. The van der Waals surface area contributed by atoms with Crippen LogP contribution >= 0.6 is 0 Å². The molecule has 0 saturated carbocycles. The van der Waals surface area contributed by atoms with Crippen molar-refractivity contribution in [2.24, 2.45) is 0 Å². The zero-order valence-electron chi connectivity index (χ0n) is 12.7. The summed E-state index contributed by atoms with van der Waals surface area (Å²) in [4.78, 5) is 8.70. The summed E-state index contributed by atoms with van der Waals surface area (Å²) in [5.41, 5.74) is 2.57. The maximum Gasteiger partial charge on any atom is 0.182 e. The number of benzene rings is 2. The average Bonchev–Trinajstić information content (AvgIpc) is 3.09. The van der Waals surface area contributed by atoms with Gasteiger partial charge in [-0.05, 0) is 36.4 Å². The molecule has 5 heteroatoms. The van der Waals surface area contributed by atoms with Crippen LogP contribution in [0.5, 0.6) is 0 Å². The minimum Gasteiger partial charge on any atom is -0.265 e. The zero-order chi connectivity index (χ0) is 16.4. The predicted molar refractivity (Wildman–Crippen MR) is 90.0 cm³/mol. The standard InChI is InChI=1S/C19H13FN4/c20-16-8-6-15(7-9-16)19-22-18(14-4-2-1-3-5-14)23-24(19)17-10-12-21-13-11-17/h1-13H. The lowest BCUT2D eigenvalue weighted by Gasteiger charge is -2.05. The van der Waals surface area contributed by atoms with E-state index in [2.05, 4.69) is 15.1 Å². The summed E-state index contributed by atoms with van der Waals surface area (Å²) < 4.78 is 15.0. The summed E-state index contributed by atoms with van der Waals surface area (Å²) in [6, 6.07) is 19.7. The molecule has 0 radical (unpaired) electrons. The van der Waals surface area contributed by atoms with Crippen LogP contribution in [0, 0.1) is 5.82 Å². The van der Waals surface area contributed by atoms with E-state index in [-0.39, 0.29) is 5.82 Å². The van der Waals surface area contributed by atoms with Crippen LogP contribution in [0.2, 0.25) is 0 Å². The largest absolute Gasteiger partial charge is 0.265 e. The number of hydrogen-bond donors (Lipinski definition) is 0. The molecular formula is C19H13FN4. The summed E-state index contributed by atoms with van der Waals surface area (Å²) in [6.45, 7) is 0. The fourth-order valence-corrected chi connectivity index (χ4v) is 2.47. The fraction of sp³-hybridized carbons (Fsp3) is 0. The lowest BCUT2D eigenvalue weighted by molar-refractivity contribution is 0.628. The van der Waals surface area contributed by atoms with E-state index in [0.717, 1.165) is 16.8 Å². The number of nitrogens with zero attached hydrogens (tertiary/aromatic N) is 4. The minimum atomic E-state index is -0.281. The molecule has 2 aromatic heterocycles. The van der Waals surface area contributed by atoms with Crippen molar-refractivity contribution in [3.63, 3.8) is 0 Å². The maximum atomic E-state index is 13.2. The zero-order valence-corrected chi connectivity index (χ0v) is 12.7. The minimum absolute atomic E-state index is 0.281. The molecule has 0 unspecified atom stereocenters. The second-order valence-electron chi connectivity index (χ2n) is 5.25. The molecule has 0 saturated heterocycles. The Morgan fingerprint density at radius 2 is 1.46 bits per heavy atom. The van der Waals surface area contributed by atoms with Crippen molar-refractivity contribution in [3.8, 4) is 28.5 Å². The van der Waals surface area contributed by atoms with E-state index in [0.29, 0.717) is 11.6 Å². The maximum absolute atomic E-state index is 13.2. The molecule has 24 heavy (non-hydrogen) atoms. The molecule has 4 nitrogen and oxygen atoms in total. The third-order valence-electron chi connectivity index (χ3n) is 3.65. The van der Waals surface area contributed by atoms with Gasteiger partial charge in [-0.1, -0.05) is 30.3 Å². The van der Waals surface area contributed by atoms with E-state index in [1.165, 1.54) is 12.1 Å². The molecule has 2 heterocycles. The second-order valence-corrected chi connectivity index (χ2v) is 5.25. The summed E-state index contributed by atoms with van der Waals surface area (Å²) in [7, 11) is 0. The third kappa shape index (κ3) is 2.67. The topological polar surface area (TPSA) is 43.6 Å². The van der Waals surface area contributed by atoms with Gasteiger partial charge in [0.2, 0.25) is 0 Å². The Labute approximate surface area is 138 Å². The first-order valence-electron chi connectivity index (χ1n) is 7.50. The van der Waals surface area contributed by atoms with Gasteiger partial charge in [0.05, 0.1) is 5.69 Å². The van der Waals surface area contributed by atoms with Gasteiger partial charge in [-0.15, -0.1) is 5.10 Å². The van der Waals surface area contributed by atoms with Gasteiger partial charge < -0.3 is 0 Å². The van der Waals surface area contributed by atoms with Crippen molar-refractivity contribution in [3.05, 3.63) is 84.9 Å². The quantitative estimate of drug-likeness (QED) is 0.570. The Balaban J connectivity index is 1.90. The van der Waals surface area contributed by atoms with Crippen molar-refractivity contribution in [2.75, 3.05) is 0 Å². The Bertz CT molecular complexity index is 948. The molecule has 0 atom stereocenters. The van der Waals surface area contributed by atoms with E-state index in [1.54, 1.807) is 29.2 Å². The highest BCUT2D eigenvalue weighted by molar-refractivity contribution is 5.63. The van der Waals surface area contributed by atoms with Gasteiger partial charge in [-0.2, -0.15) is 0 Å². The number of aromatic nitrogens is 4. The Morgan fingerprint density at radius 3 is 2.17 bits per heavy atom. The highest BCUT2D eigenvalue weighted by Gasteiger charge is 2.14. The van der Waals surface area contributed by atoms with Crippen LogP contribution in [-0.4, -0.2) is 19.7 Å². The predicted octanol–water partition coefficient (Wildman–Crippen LogP) is 4.14. The Kier molecular flexibility index (Phi) is 3.59. The first-order chi connectivity index (χ1) is 11.8. The molecule has 116 valence electrons. The van der Waals surface area contributed by atoms with E-state index in [1.807, 2.05) is 42.5 Å². The van der Waals surface area contributed by atoms with Gasteiger partial charge in [0, 0.05) is 23.5 Å². The van der Waals surface area contributed by atoms with E-state index >= 15 is 0 Å². The van der Waals surface area contributed by atoms with Crippen LogP contribution in [0.3, 0.4) is 0 Å². The lowest BCUT2D eigenvalue weighted by Crippen LogP contribution is -1.99. The SMILES string of the molecule is Fc1ccc(-c2nc(-c3ccccc3)nn2-c2ccncc2)cc1. The van der Waals surface area contributed by atoms with E-state index in [9.17, 15) is 4.39 Å². The summed E-state index contributed by atoms with van der Waals surface area (Å²) in [6.07, 6.45) is 3.40. The van der Waals surface area contributed by atoms with Crippen LogP contribution in [0.1, 0.15) is 0 Å². The second kappa shape index (κ2) is 6.04. The first kappa shape index (κ1) is 14.3. The molecule has 0 amide bonds. The Hall–Kier alpha value is -3.34. The van der Waals surface area contributed by atoms with Crippen LogP contribution in [0.25, 0.3) is 28.5 Å². The molecule has 0 fully saturated rings. The average molecular weight is 316 g/mol. The van der Waals surface area contributed by atoms with Gasteiger partial charge in [0.25, 0.3) is 0 Å². The number of rotatable bonds is 3. The summed E-state index contributed by atoms with van der Waals surface area (Å²) in [5, 5.41) is 4.63. The molecule has 0 aliphatic heterocycles. The van der Waals surface area contributed by atoms with E-state index in [4.69, 9.17) is 0 Å². The smallest absolute Gasteiger partial charge is 0.182 e. The molecular weight excluding hydrogens is 303 g/mol. The van der Waals surface area contributed by atoms with Crippen molar-refractivity contribution >= 4 is 0 Å². The van der Waals surface area contributed by atoms with Crippen LogP contribution in [-0.2, 0) is 0 Å². The van der Waals surface area contributed by atoms with Crippen LogP contribution < -0.4 is 0 Å². The number of pyridine rings is 1. The lowest BCUT2D eigenvalue weighted by atomic mass is 10.2. The number of halogens is 1. The highest BCUT2D eigenvalue weighted by Crippen LogP contribution is 2.25. The summed E-state index contributed by atoms with van der Waals surface area (Å²) >= 11 is 0. The molecule has 0 spiro atoms. The molecule has 2 aromatic carbocycles. The van der Waals surface area contributed by atoms with Crippen molar-refractivity contribution in [1.82, 2.24) is 19.7 Å². The van der Waals surface area contributed by atoms with Crippen molar-refractivity contribution in [2.45, 2.75) is 0 Å². The number of hydrogen-bond acceptors (Lipinski definition) is 3. The van der Waals surface area contributed by atoms with Gasteiger partial charge in [0.15, 0.2) is 11.6 Å². The molecule has 0 aliphatic rings. The van der Waals surface area contributed by atoms with Crippen LogP contribution in [0.4, 0.5) is 4.39 Å². The van der Waals surface area contributed by atoms with Crippen molar-refractivity contribution < 1.29 is 4.39 Å². The Morgan fingerprint density at radius 1 is 0.750 bits per heavy atom. The molecule has 4 rings (SSSR count). The van der Waals surface area contributed by atoms with Crippen molar-refractivity contribution in [1.29, 1.82) is 0 Å². The van der Waals surface area contributed by atoms with Gasteiger partial charge in [-0.25, -0.2) is 14.1 Å². The third-order valence-corrected chi connectivity index (χ3v) is 3.65. The first-order valence-corrected chi connectivity index (χ1v) is 7.50. The van der Waals surface area contributed by atoms with E-state index < -0.39 is 0 Å². The molecule has 0 aliphatic carbocycles. The monoisotopic (exact) mass is 316 g/mol.